The van der Waals surface area contributed by atoms with E-state index in [1.807, 2.05) is 0 Å². The predicted octanol–water partition coefficient (Wildman–Crippen LogP) is -5.27. The fourth-order valence-corrected chi connectivity index (χ4v) is 1.45. The van der Waals surface area contributed by atoms with Gasteiger partial charge >= 0.3 is 0 Å². The Morgan fingerprint density at radius 2 is 1.30 bits per heavy atom. The van der Waals surface area contributed by atoms with Crippen molar-refractivity contribution in [3.63, 3.8) is 0 Å². The molecule has 0 fully saturated rings. The fraction of sp³-hybridized carbons (Fsp3) is 0.800. The Labute approximate surface area is 114 Å². The number of carbonyl (C=O) groups is 2. The molecule has 0 saturated carbocycles. The van der Waals surface area contributed by atoms with Crippen LogP contribution in [0.15, 0.2) is 0 Å². The van der Waals surface area contributed by atoms with Crippen LogP contribution in [0.5, 0.6) is 0 Å². The first-order valence-electron chi connectivity index (χ1n) is 5.80. The first-order valence-corrected chi connectivity index (χ1v) is 5.80. The molecule has 0 aromatic rings. The summed E-state index contributed by atoms with van der Waals surface area (Å²) in [5.74, 6) is -2.42. The van der Waals surface area contributed by atoms with Crippen LogP contribution in [0.25, 0.3) is 0 Å². The standard InChI is InChI=1S/C10H20N2O8/c11-9(19)7(17)5(15)6(16)8(18)10(20)12(1-3-13)2-4-14/h5-8,13-18H,1-4H2,(H2,11,19)/t5-,6-,7-,8+/m0/s1. The number of carbonyl (C=O) groups excluding carboxylic acids is 2. The van der Waals surface area contributed by atoms with Crippen molar-refractivity contribution in [3.05, 3.63) is 0 Å². The minimum absolute atomic E-state index is 0.211. The Bertz CT molecular complexity index is 320. The Balaban J connectivity index is 4.80. The van der Waals surface area contributed by atoms with E-state index in [0.717, 1.165) is 4.90 Å². The summed E-state index contributed by atoms with van der Waals surface area (Å²) in [6, 6.07) is 0. The molecule has 8 N–H and O–H groups in total. The second kappa shape index (κ2) is 8.79. The van der Waals surface area contributed by atoms with Crippen LogP contribution in [0, 0.1) is 0 Å². The summed E-state index contributed by atoms with van der Waals surface area (Å²) < 4.78 is 0. The van der Waals surface area contributed by atoms with E-state index in [2.05, 4.69) is 0 Å². The van der Waals surface area contributed by atoms with Crippen LogP contribution in [0.3, 0.4) is 0 Å². The largest absolute Gasteiger partial charge is 0.395 e. The topological polar surface area (TPSA) is 185 Å². The first kappa shape index (κ1) is 18.7. The van der Waals surface area contributed by atoms with Gasteiger partial charge in [-0.1, -0.05) is 0 Å². The molecule has 0 aromatic heterocycles. The summed E-state index contributed by atoms with van der Waals surface area (Å²) in [6.07, 6.45) is -8.63. The van der Waals surface area contributed by atoms with Crippen LogP contribution in [0.1, 0.15) is 0 Å². The molecule has 0 bridgehead atoms. The molecule has 2 amide bonds. The van der Waals surface area contributed by atoms with Gasteiger partial charge in [-0.2, -0.15) is 0 Å². The lowest BCUT2D eigenvalue weighted by Gasteiger charge is -2.29. The average Bonchev–Trinajstić information content (AvgIpc) is 2.42. The normalized spacial score (nSPS) is 17.1. The van der Waals surface area contributed by atoms with E-state index in [1.54, 1.807) is 0 Å². The number of hydrogen-bond donors (Lipinski definition) is 7. The molecule has 10 nitrogen and oxygen atoms in total. The van der Waals surface area contributed by atoms with Crippen LogP contribution in [-0.2, 0) is 9.59 Å². The third kappa shape index (κ3) is 5.00. The van der Waals surface area contributed by atoms with Crippen molar-refractivity contribution >= 4 is 11.8 Å². The highest BCUT2D eigenvalue weighted by atomic mass is 16.4. The van der Waals surface area contributed by atoms with Crippen molar-refractivity contribution in [3.8, 4) is 0 Å². The molecule has 0 radical (unpaired) electrons. The van der Waals surface area contributed by atoms with Crippen LogP contribution in [0.4, 0.5) is 0 Å². The Morgan fingerprint density at radius 1 is 0.900 bits per heavy atom. The Morgan fingerprint density at radius 3 is 1.65 bits per heavy atom. The number of hydrogen-bond acceptors (Lipinski definition) is 8. The molecule has 0 spiro atoms. The zero-order valence-electron chi connectivity index (χ0n) is 10.7. The van der Waals surface area contributed by atoms with Crippen molar-refractivity contribution in [2.75, 3.05) is 26.3 Å². The third-order valence-corrected chi connectivity index (χ3v) is 2.59. The third-order valence-electron chi connectivity index (χ3n) is 2.59. The molecule has 0 aliphatic carbocycles. The molecule has 0 heterocycles. The van der Waals surface area contributed by atoms with Gasteiger partial charge in [-0.15, -0.1) is 0 Å². The number of rotatable bonds is 9. The van der Waals surface area contributed by atoms with Gasteiger partial charge in [-0.25, -0.2) is 0 Å². The monoisotopic (exact) mass is 296 g/mol. The molecule has 0 aromatic carbocycles. The summed E-state index contributed by atoms with van der Waals surface area (Å²) in [5, 5.41) is 55.1. The molecule has 4 atom stereocenters. The van der Waals surface area contributed by atoms with E-state index in [1.165, 1.54) is 0 Å². The zero-order valence-corrected chi connectivity index (χ0v) is 10.7. The second-order valence-electron chi connectivity index (χ2n) is 4.05. The fourth-order valence-electron chi connectivity index (χ4n) is 1.45. The van der Waals surface area contributed by atoms with Gasteiger partial charge in [-0.05, 0) is 0 Å². The highest BCUT2D eigenvalue weighted by Crippen LogP contribution is 2.08. The maximum atomic E-state index is 11.7. The maximum absolute atomic E-state index is 11.7. The number of amides is 2. The van der Waals surface area contributed by atoms with Gasteiger partial charge in [0, 0.05) is 13.1 Å². The molecule has 118 valence electrons. The molecular weight excluding hydrogens is 276 g/mol. The van der Waals surface area contributed by atoms with Gasteiger partial charge < -0.3 is 41.3 Å². The summed E-state index contributed by atoms with van der Waals surface area (Å²) in [7, 11) is 0. The zero-order chi connectivity index (χ0) is 15.9. The van der Waals surface area contributed by atoms with Crippen molar-refractivity contribution in [2.45, 2.75) is 24.4 Å². The van der Waals surface area contributed by atoms with E-state index in [4.69, 9.17) is 21.1 Å². The van der Waals surface area contributed by atoms with Gasteiger partial charge in [0.2, 0.25) is 5.91 Å². The quantitative estimate of drug-likeness (QED) is 0.220. The van der Waals surface area contributed by atoms with Crippen molar-refractivity contribution < 1.29 is 40.2 Å². The van der Waals surface area contributed by atoms with Crippen LogP contribution in [-0.4, -0.2) is 98.1 Å². The van der Waals surface area contributed by atoms with Gasteiger partial charge in [-0.3, -0.25) is 9.59 Å². The summed E-state index contributed by atoms with van der Waals surface area (Å²) in [6.45, 7) is -1.31. The summed E-state index contributed by atoms with van der Waals surface area (Å²) >= 11 is 0. The van der Waals surface area contributed by atoms with Gasteiger partial charge in [0.15, 0.2) is 12.2 Å². The maximum Gasteiger partial charge on any atom is 0.254 e. The number of aliphatic hydroxyl groups excluding tert-OH is 6. The molecule has 10 heteroatoms. The predicted molar refractivity (Wildman–Crippen MR) is 64.0 cm³/mol. The number of nitrogens with zero attached hydrogens (tertiary/aromatic N) is 1. The molecule has 0 unspecified atom stereocenters. The first-order chi connectivity index (χ1) is 9.27. The summed E-state index contributed by atoms with van der Waals surface area (Å²) in [4.78, 5) is 23.2. The lowest BCUT2D eigenvalue weighted by atomic mass is 10.0. The number of aliphatic hydroxyl groups is 6. The Kier molecular flexibility index (Phi) is 8.22. The van der Waals surface area contributed by atoms with Gasteiger partial charge in [0.25, 0.3) is 5.91 Å². The Hall–Kier alpha value is -1.30. The van der Waals surface area contributed by atoms with E-state index in [0.29, 0.717) is 0 Å². The number of primary amides is 1. The molecular formula is C10H20N2O8. The highest BCUT2D eigenvalue weighted by Gasteiger charge is 2.38. The van der Waals surface area contributed by atoms with Crippen molar-refractivity contribution in [2.24, 2.45) is 5.73 Å². The van der Waals surface area contributed by atoms with Crippen LogP contribution < -0.4 is 5.73 Å². The second-order valence-corrected chi connectivity index (χ2v) is 4.05. The van der Waals surface area contributed by atoms with Crippen LogP contribution >= 0.6 is 0 Å². The highest BCUT2D eigenvalue weighted by molar-refractivity contribution is 5.82. The summed E-state index contributed by atoms with van der Waals surface area (Å²) in [5.41, 5.74) is 4.70. The lowest BCUT2D eigenvalue weighted by Crippen LogP contribution is -2.55. The van der Waals surface area contributed by atoms with E-state index in [9.17, 15) is 24.9 Å². The SMILES string of the molecule is NC(=O)[C@@H](O)[C@@H](O)[C@H](O)[C@@H](O)C(=O)N(CCO)CCO. The molecule has 0 rings (SSSR count). The van der Waals surface area contributed by atoms with Gasteiger partial charge in [0.1, 0.15) is 12.2 Å². The van der Waals surface area contributed by atoms with Gasteiger partial charge in [0.05, 0.1) is 13.2 Å². The molecule has 0 aliphatic heterocycles. The average molecular weight is 296 g/mol. The number of nitrogens with two attached hydrogens (primary N) is 1. The van der Waals surface area contributed by atoms with Crippen molar-refractivity contribution in [1.82, 2.24) is 4.90 Å². The molecule has 20 heavy (non-hydrogen) atoms. The molecule has 0 aliphatic rings. The lowest BCUT2D eigenvalue weighted by molar-refractivity contribution is -0.161. The smallest absolute Gasteiger partial charge is 0.254 e. The minimum Gasteiger partial charge on any atom is -0.395 e. The minimum atomic E-state index is -2.16. The van der Waals surface area contributed by atoms with Crippen LogP contribution in [0.2, 0.25) is 0 Å². The van der Waals surface area contributed by atoms with E-state index < -0.39 is 49.4 Å². The molecule has 0 saturated heterocycles. The van der Waals surface area contributed by atoms with E-state index in [-0.39, 0.29) is 13.1 Å². The van der Waals surface area contributed by atoms with Crippen molar-refractivity contribution in [1.29, 1.82) is 0 Å². The van der Waals surface area contributed by atoms with E-state index >= 15 is 0 Å².